The normalized spacial score (nSPS) is 10.7. The number of alkyl halides is 2. The summed E-state index contributed by atoms with van der Waals surface area (Å²) in [5.74, 6) is -0.718. The maximum Gasteiger partial charge on any atom is 0.411 e. The minimum Gasteiger partial charge on any atom is -0.444 e. The summed E-state index contributed by atoms with van der Waals surface area (Å²) in [6, 6.07) is 15.5. The monoisotopic (exact) mass is 345 g/mol. The van der Waals surface area contributed by atoms with Gasteiger partial charge in [-0.1, -0.05) is 30.3 Å². The van der Waals surface area contributed by atoms with Gasteiger partial charge in [0.2, 0.25) is 5.89 Å². The molecular weight excluding hydrogens is 332 g/mol. The first-order valence-corrected chi connectivity index (χ1v) is 7.31. The molecule has 8 heteroatoms. The Morgan fingerprint density at radius 3 is 2.44 bits per heavy atom. The number of hydrogen-bond donors (Lipinski definition) is 1. The average molecular weight is 345 g/mol. The molecule has 1 aromatic heterocycles. The van der Waals surface area contributed by atoms with E-state index in [2.05, 4.69) is 15.5 Å². The zero-order chi connectivity index (χ0) is 17.6. The predicted molar refractivity (Wildman–Crippen MR) is 84.9 cm³/mol. The van der Waals surface area contributed by atoms with Crippen LogP contribution in [-0.2, 0) is 11.3 Å². The fraction of sp³-hybridized carbons (Fsp3) is 0.118. The van der Waals surface area contributed by atoms with Crippen molar-refractivity contribution in [1.29, 1.82) is 0 Å². The lowest BCUT2D eigenvalue weighted by molar-refractivity contribution is 0.116. The van der Waals surface area contributed by atoms with Crippen LogP contribution in [0.4, 0.5) is 19.3 Å². The fourth-order valence-corrected chi connectivity index (χ4v) is 2.01. The Hall–Kier alpha value is -3.29. The van der Waals surface area contributed by atoms with Crippen molar-refractivity contribution in [2.45, 2.75) is 13.0 Å². The summed E-state index contributed by atoms with van der Waals surface area (Å²) in [5.41, 5.74) is 1.85. The molecule has 0 aliphatic carbocycles. The van der Waals surface area contributed by atoms with Crippen LogP contribution in [0.5, 0.6) is 0 Å². The molecule has 0 radical (unpaired) electrons. The van der Waals surface area contributed by atoms with Crippen molar-refractivity contribution in [2.24, 2.45) is 0 Å². The minimum atomic E-state index is -2.81. The first kappa shape index (κ1) is 16.6. The number of hydrogen-bond acceptors (Lipinski definition) is 5. The molecule has 0 saturated carbocycles. The van der Waals surface area contributed by atoms with Gasteiger partial charge in [-0.15, -0.1) is 10.2 Å². The number of amides is 1. The van der Waals surface area contributed by atoms with Crippen LogP contribution in [0, 0.1) is 0 Å². The Bertz CT molecular complexity index is 836. The molecule has 1 N–H and O–H groups in total. The van der Waals surface area contributed by atoms with Gasteiger partial charge in [-0.25, -0.2) is 4.79 Å². The topological polar surface area (TPSA) is 77.2 Å². The summed E-state index contributed by atoms with van der Waals surface area (Å²) in [7, 11) is 0. The van der Waals surface area contributed by atoms with Gasteiger partial charge in [0.25, 0.3) is 5.89 Å². The maximum atomic E-state index is 12.4. The van der Waals surface area contributed by atoms with E-state index in [-0.39, 0.29) is 12.5 Å². The molecule has 3 rings (SSSR count). The van der Waals surface area contributed by atoms with E-state index in [0.717, 1.165) is 5.56 Å². The number of nitrogens with zero attached hydrogens (tertiary/aromatic N) is 2. The van der Waals surface area contributed by atoms with Crippen LogP contribution in [0.1, 0.15) is 17.9 Å². The predicted octanol–water partition coefficient (Wildman–Crippen LogP) is 4.42. The van der Waals surface area contributed by atoms with Crippen LogP contribution in [-0.4, -0.2) is 16.3 Å². The second-order valence-electron chi connectivity index (χ2n) is 5.01. The van der Waals surface area contributed by atoms with E-state index in [1.807, 2.05) is 6.07 Å². The lowest BCUT2D eigenvalue weighted by Gasteiger charge is -2.07. The fourth-order valence-electron chi connectivity index (χ4n) is 2.01. The summed E-state index contributed by atoms with van der Waals surface area (Å²) in [5, 5.41) is 9.43. The van der Waals surface area contributed by atoms with Crippen LogP contribution in [0.2, 0.25) is 0 Å². The van der Waals surface area contributed by atoms with Gasteiger partial charge in [0.05, 0.1) is 0 Å². The molecule has 25 heavy (non-hydrogen) atoms. The first-order valence-electron chi connectivity index (χ1n) is 7.31. The SMILES string of the molecule is O=C(Nc1ccccc1)OCc1ccc(-c2nnc(C(F)F)o2)cc1. The second-order valence-corrected chi connectivity index (χ2v) is 5.01. The number of benzene rings is 2. The number of ether oxygens (including phenoxy) is 1. The highest BCUT2D eigenvalue weighted by Crippen LogP contribution is 2.23. The Morgan fingerprint density at radius 2 is 1.80 bits per heavy atom. The summed E-state index contributed by atoms with van der Waals surface area (Å²) in [6.45, 7) is 0.0606. The van der Waals surface area contributed by atoms with Gasteiger partial charge in [-0.3, -0.25) is 5.32 Å². The zero-order valence-electron chi connectivity index (χ0n) is 12.9. The van der Waals surface area contributed by atoms with Crippen LogP contribution in [0.3, 0.4) is 0 Å². The molecule has 0 aliphatic rings. The lowest BCUT2D eigenvalue weighted by Crippen LogP contribution is -2.13. The van der Waals surface area contributed by atoms with Crippen molar-refractivity contribution in [2.75, 3.05) is 5.32 Å². The molecule has 1 heterocycles. The number of rotatable bonds is 5. The van der Waals surface area contributed by atoms with Crippen molar-refractivity contribution in [3.63, 3.8) is 0 Å². The molecular formula is C17H13F2N3O3. The van der Waals surface area contributed by atoms with Gasteiger partial charge in [-0.2, -0.15) is 8.78 Å². The van der Waals surface area contributed by atoms with Crippen LogP contribution in [0.25, 0.3) is 11.5 Å². The molecule has 0 atom stereocenters. The highest BCUT2D eigenvalue weighted by Gasteiger charge is 2.16. The van der Waals surface area contributed by atoms with E-state index in [4.69, 9.17) is 9.15 Å². The van der Waals surface area contributed by atoms with Gasteiger partial charge >= 0.3 is 12.5 Å². The molecule has 0 spiro atoms. The number of anilines is 1. The van der Waals surface area contributed by atoms with Gasteiger partial charge in [0.15, 0.2) is 0 Å². The third kappa shape index (κ3) is 4.37. The van der Waals surface area contributed by atoms with Crippen LogP contribution < -0.4 is 5.32 Å². The van der Waals surface area contributed by atoms with E-state index in [0.29, 0.717) is 11.3 Å². The lowest BCUT2D eigenvalue weighted by atomic mass is 10.1. The van der Waals surface area contributed by atoms with Gasteiger partial charge in [0, 0.05) is 11.3 Å². The summed E-state index contributed by atoms with van der Waals surface area (Å²) in [6.07, 6.45) is -3.38. The highest BCUT2D eigenvalue weighted by atomic mass is 19.3. The Balaban J connectivity index is 1.56. The van der Waals surface area contributed by atoms with E-state index < -0.39 is 18.4 Å². The largest absolute Gasteiger partial charge is 0.444 e. The van der Waals surface area contributed by atoms with Crippen molar-refractivity contribution in [3.8, 4) is 11.5 Å². The standard InChI is InChI=1S/C17H13F2N3O3/c18-14(19)16-22-21-15(25-16)12-8-6-11(7-9-12)10-24-17(23)20-13-4-2-1-3-5-13/h1-9,14H,10H2,(H,20,23). The van der Waals surface area contributed by atoms with Crippen LogP contribution >= 0.6 is 0 Å². The first-order chi connectivity index (χ1) is 12.1. The van der Waals surface area contributed by atoms with Gasteiger partial charge in [-0.05, 0) is 29.8 Å². The molecule has 1 amide bonds. The third-order valence-electron chi connectivity index (χ3n) is 3.22. The molecule has 6 nitrogen and oxygen atoms in total. The Kier molecular flexibility index (Phi) is 4.98. The number of aromatic nitrogens is 2. The number of nitrogens with one attached hydrogen (secondary N) is 1. The average Bonchev–Trinajstić information content (AvgIpc) is 3.12. The quantitative estimate of drug-likeness (QED) is 0.740. The summed E-state index contributed by atoms with van der Waals surface area (Å²) >= 11 is 0. The Morgan fingerprint density at radius 1 is 1.08 bits per heavy atom. The number of carbonyl (C=O) groups is 1. The van der Waals surface area contributed by atoms with Crippen molar-refractivity contribution >= 4 is 11.8 Å². The highest BCUT2D eigenvalue weighted by molar-refractivity contribution is 5.84. The molecule has 0 unspecified atom stereocenters. The zero-order valence-corrected chi connectivity index (χ0v) is 12.9. The molecule has 0 fully saturated rings. The number of carbonyl (C=O) groups excluding carboxylic acids is 1. The van der Waals surface area contributed by atoms with Gasteiger partial charge in [0.1, 0.15) is 6.61 Å². The van der Waals surface area contributed by atoms with Crippen LogP contribution in [0.15, 0.2) is 59.0 Å². The third-order valence-corrected chi connectivity index (χ3v) is 3.22. The molecule has 2 aromatic carbocycles. The minimum absolute atomic E-state index is 0.00425. The molecule has 3 aromatic rings. The molecule has 128 valence electrons. The van der Waals surface area contributed by atoms with Crippen molar-refractivity contribution in [3.05, 3.63) is 66.1 Å². The number of para-hydroxylation sites is 1. The van der Waals surface area contributed by atoms with Crippen molar-refractivity contribution in [1.82, 2.24) is 10.2 Å². The number of halogens is 2. The molecule has 0 aliphatic heterocycles. The van der Waals surface area contributed by atoms with E-state index in [9.17, 15) is 13.6 Å². The summed E-state index contributed by atoms with van der Waals surface area (Å²) < 4.78 is 34.9. The smallest absolute Gasteiger partial charge is 0.411 e. The molecule has 0 bridgehead atoms. The van der Waals surface area contributed by atoms with E-state index >= 15 is 0 Å². The van der Waals surface area contributed by atoms with E-state index in [1.165, 1.54) is 0 Å². The van der Waals surface area contributed by atoms with Crippen molar-refractivity contribution < 1.29 is 22.7 Å². The van der Waals surface area contributed by atoms with E-state index in [1.54, 1.807) is 48.5 Å². The van der Waals surface area contributed by atoms with Gasteiger partial charge < -0.3 is 9.15 Å². The maximum absolute atomic E-state index is 12.4. The summed E-state index contributed by atoms with van der Waals surface area (Å²) in [4.78, 5) is 11.7. The Labute approximate surface area is 141 Å². The second kappa shape index (κ2) is 7.52. The molecule has 0 saturated heterocycles.